The fourth-order valence-electron chi connectivity index (χ4n) is 4.79. The largest absolute Gasteiger partial charge is 0.465 e. The van der Waals surface area contributed by atoms with Crippen LogP contribution in [0.2, 0.25) is 0 Å². The molecule has 0 bridgehead atoms. The van der Waals surface area contributed by atoms with Crippen molar-refractivity contribution in [3.8, 4) is 0 Å². The van der Waals surface area contributed by atoms with E-state index in [-0.39, 0.29) is 34.4 Å². The van der Waals surface area contributed by atoms with Gasteiger partial charge in [-0.15, -0.1) is 0 Å². The zero-order chi connectivity index (χ0) is 32.2. The van der Waals surface area contributed by atoms with Crippen molar-refractivity contribution in [2.24, 2.45) is 0 Å². The summed E-state index contributed by atoms with van der Waals surface area (Å²) >= 11 is 0. The molecule has 0 aliphatic heterocycles. The third-order valence-corrected chi connectivity index (χ3v) is 10.6. The first-order valence-electron chi connectivity index (χ1n) is 13.1. The summed E-state index contributed by atoms with van der Waals surface area (Å²) in [6.45, 7) is 0. The lowest BCUT2D eigenvalue weighted by molar-refractivity contribution is 0.0564. The van der Waals surface area contributed by atoms with E-state index in [1.165, 1.54) is 43.5 Å². The SMILES string of the molecule is COC(=O)c1ccc(C(C/C=C/c2ccccc2)(Cc2ccc(C(F)(F)P(=O)(O)O)cc2)S(=O)(=O)c2ccc(F)cc2)cc1. The summed E-state index contributed by atoms with van der Waals surface area (Å²) in [6.07, 6.45) is 2.95. The highest BCUT2D eigenvalue weighted by Crippen LogP contribution is 2.59. The van der Waals surface area contributed by atoms with Crippen LogP contribution in [0, 0.1) is 5.82 Å². The van der Waals surface area contributed by atoms with E-state index in [1.54, 1.807) is 12.2 Å². The lowest BCUT2D eigenvalue weighted by atomic mass is 9.87. The van der Waals surface area contributed by atoms with Crippen molar-refractivity contribution in [3.05, 3.63) is 143 Å². The second-order valence-electron chi connectivity index (χ2n) is 10.00. The predicted molar refractivity (Wildman–Crippen MR) is 159 cm³/mol. The highest BCUT2D eigenvalue weighted by Gasteiger charge is 2.50. The number of hydrogen-bond donors (Lipinski definition) is 2. The molecule has 0 heterocycles. The van der Waals surface area contributed by atoms with Gasteiger partial charge < -0.3 is 14.5 Å². The Hall–Kier alpha value is -4.02. The molecule has 44 heavy (non-hydrogen) atoms. The molecule has 0 aliphatic rings. The minimum Gasteiger partial charge on any atom is -0.465 e. The molecule has 0 aliphatic carbocycles. The lowest BCUT2D eigenvalue weighted by Crippen LogP contribution is -2.38. The number of sulfone groups is 1. The van der Waals surface area contributed by atoms with Gasteiger partial charge in [0.15, 0.2) is 9.84 Å². The topological polar surface area (TPSA) is 118 Å². The summed E-state index contributed by atoms with van der Waals surface area (Å²) in [7, 11) is -9.02. The molecule has 0 amide bonds. The maximum atomic E-state index is 14.6. The summed E-state index contributed by atoms with van der Waals surface area (Å²) < 4.78 is 86.0. The molecule has 0 radical (unpaired) electrons. The van der Waals surface area contributed by atoms with E-state index in [0.29, 0.717) is 0 Å². The first-order valence-corrected chi connectivity index (χ1v) is 16.2. The second kappa shape index (κ2) is 12.9. The van der Waals surface area contributed by atoms with Crippen LogP contribution in [0.3, 0.4) is 0 Å². The molecule has 12 heteroatoms. The number of allylic oxidation sites excluding steroid dienone is 1. The maximum absolute atomic E-state index is 14.6. The molecule has 0 aromatic heterocycles. The minimum atomic E-state index is -5.83. The van der Waals surface area contributed by atoms with Crippen LogP contribution < -0.4 is 0 Å². The number of methoxy groups -OCH3 is 1. The van der Waals surface area contributed by atoms with Gasteiger partial charge in [0.05, 0.1) is 17.6 Å². The molecule has 1 unspecified atom stereocenters. The van der Waals surface area contributed by atoms with Gasteiger partial charge in [0.2, 0.25) is 0 Å². The lowest BCUT2D eigenvalue weighted by Gasteiger charge is -2.34. The summed E-state index contributed by atoms with van der Waals surface area (Å²) in [4.78, 5) is 30.2. The van der Waals surface area contributed by atoms with Crippen LogP contribution in [0.5, 0.6) is 0 Å². The summed E-state index contributed by atoms with van der Waals surface area (Å²) in [6, 6.07) is 23.1. The van der Waals surface area contributed by atoms with Gasteiger partial charge in [-0.25, -0.2) is 17.6 Å². The number of alkyl halides is 2. The van der Waals surface area contributed by atoms with Gasteiger partial charge in [-0.3, -0.25) is 4.57 Å². The highest BCUT2D eigenvalue weighted by molar-refractivity contribution is 7.92. The standard InChI is InChI=1S/C32H28F3O7PS/c1-42-30(36)25-11-15-26(16-12-25)31(21-5-8-23-6-3-2-4-7-23,44(40,41)29-19-17-28(33)18-20-29)22-24-9-13-27(14-10-24)32(34,35)43(37,38)39/h2-20H,21-22H2,1H3,(H2,37,38,39)/b8-5+. The maximum Gasteiger partial charge on any atom is 0.399 e. The smallest absolute Gasteiger partial charge is 0.399 e. The molecule has 4 rings (SSSR count). The third kappa shape index (κ3) is 6.71. The van der Waals surface area contributed by atoms with Gasteiger partial charge in [0.1, 0.15) is 10.6 Å². The van der Waals surface area contributed by atoms with Crippen molar-refractivity contribution in [1.29, 1.82) is 0 Å². The molecule has 0 spiro atoms. The quantitative estimate of drug-likeness (QED) is 0.104. The van der Waals surface area contributed by atoms with Crippen LogP contribution in [0.4, 0.5) is 13.2 Å². The Morgan fingerprint density at radius 2 is 1.43 bits per heavy atom. The van der Waals surface area contributed by atoms with Crippen LogP contribution in [0.15, 0.2) is 114 Å². The predicted octanol–water partition coefficient (Wildman–Crippen LogP) is 6.85. The number of hydrogen-bond acceptors (Lipinski definition) is 5. The van der Waals surface area contributed by atoms with Gasteiger partial charge >= 0.3 is 19.2 Å². The summed E-state index contributed by atoms with van der Waals surface area (Å²) in [5.74, 6) is -1.29. The molecule has 0 saturated heterocycles. The molecule has 0 saturated carbocycles. The van der Waals surface area contributed by atoms with Gasteiger partial charge in [0.25, 0.3) is 0 Å². The fraction of sp³-hybridized carbons (Fsp3) is 0.156. The molecule has 2 N–H and O–H groups in total. The van der Waals surface area contributed by atoms with E-state index in [4.69, 9.17) is 14.5 Å². The van der Waals surface area contributed by atoms with Gasteiger partial charge in [-0.05, 0) is 65.9 Å². The summed E-state index contributed by atoms with van der Waals surface area (Å²) in [5, 5.41) is 0. The van der Waals surface area contributed by atoms with Crippen LogP contribution in [0.1, 0.15) is 39.0 Å². The normalized spacial score (nSPS) is 13.9. The molecule has 0 fully saturated rings. The van der Waals surface area contributed by atoms with Gasteiger partial charge in [-0.2, -0.15) is 8.78 Å². The molecular weight excluding hydrogens is 616 g/mol. The van der Waals surface area contributed by atoms with E-state index in [0.717, 1.165) is 42.0 Å². The van der Waals surface area contributed by atoms with Crippen molar-refractivity contribution in [2.45, 2.75) is 28.1 Å². The fourth-order valence-corrected chi connectivity index (χ4v) is 7.34. The number of ether oxygens (including phenoxy) is 1. The Morgan fingerprint density at radius 1 is 0.864 bits per heavy atom. The van der Waals surface area contributed by atoms with E-state index < -0.39 is 45.2 Å². The van der Waals surface area contributed by atoms with Crippen LogP contribution in [-0.2, 0) is 36.0 Å². The average Bonchev–Trinajstić information content (AvgIpc) is 3.00. The number of carbonyl (C=O) groups is 1. The minimum absolute atomic E-state index is 0.139. The Kier molecular flexibility index (Phi) is 9.65. The van der Waals surface area contributed by atoms with Crippen LogP contribution >= 0.6 is 7.60 Å². The number of benzene rings is 4. The second-order valence-corrected chi connectivity index (χ2v) is 13.9. The van der Waals surface area contributed by atoms with Crippen molar-refractivity contribution in [1.82, 2.24) is 0 Å². The molecule has 4 aromatic carbocycles. The third-order valence-electron chi connectivity index (χ3n) is 7.18. The van der Waals surface area contributed by atoms with Crippen molar-refractivity contribution < 1.29 is 45.5 Å². The Morgan fingerprint density at radius 3 is 1.98 bits per heavy atom. The molecule has 7 nitrogen and oxygen atoms in total. The monoisotopic (exact) mass is 644 g/mol. The molecule has 4 aromatic rings. The molecule has 1 atom stereocenters. The zero-order valence-corrected chi connectivity index (χ0v) is 25.0. The van der Waals surface area contributed by atoms with Crippen LogP contribution in [0.25, 0.3) is 6.08 Å². The zero-order valence-electron chi connectivity index (χ0n) is 23.3. The Labute approximate surface area is 252 Å². The number of esters is 1. The first-order chi connectivity index (χ1) is 20.7. The van der Waals surface area contributed by atoms with Crippen LogP contribution in [-0.4, -0.2) is 31.3 Å². The van der Waals surface area contributed by atoms with Gasteiger partial charge in [-0.1, -0.05) is 78.9 Å². The first kappa shape index (κ1) is 32.9. The highest BCUT2D eigenvalue weighted by atomic mass is 32.2. The van der Waals surface area contributed by atoms with Crippen molar-refractivity contribution in [2.75, 3.05) is 7.11 Å². The Bertz CT molecular complexity index is 1790. The van der Waals surface area contributed by atoms with E-state index in [9.17, 15) is 30.9 Å². The summed E-state index contributed by atoms with van der Waals surface area (Å²) in [5.41, 5.74) is -3.94. The Balaban J connectivity index is 1.92. The van der Waals surface area contributed by atoms with Crippen molar-refractivity contribution >= 4 is 29.5 Å². The molecule has 230 valence electrons. The van der Waals surface area contributed by atoms with Gasteiger partial charge in [0, 0.05) is 5.56 Å². The van der Waals surface area contributed by atoms with Crippen molar-refractivity contribution in [3.63, 3.8) is 0 Å². The van der Waals surface area contributed by atoms with E-state index in [2.05, 4.69) is 0 Å². The molecular formula is C32H28F3O7PS. The number of carbonyl (C=O) groups excluding carboxylic acids is 1. The number of halogens is 3. The number of rotatable bonds is 11. The van der Waals surface area contributed by atoms with E-state index in [1.807, 2.05) is 30.3 Å². The van der Waals surface area contributed by atoms with E-state index >= 15 is 0 Å². The average molecular weight is 645 g/mol.